The number of hydrogen-bond acceptors (Lipinski definition) is 4. The second-order valence-corrected chi connectivity index (χ2v) is 7.99. The van der Waals surface area contributed by atoms with Gasteiger partial charge in [-0.15, -0.1) is 13.2 Å². The summed E-state index contributed by atoms with van der Waals surface area (Å²) in [5.41, 5.74) is 3.62. The Balaban J connectivity index is 1.84. The van der Waals surface area contributed by atoms with E-state index in [-0.39, 0.29) is 17.0 Å². The quantitative estimate of drug-likeness (QED) is 0.274. The number of hydrogen-bond donors (Lipinski definition) is 2. The number of aliphatic carboxylic acids is 1. The summed E-state index contributed by atoms with van der Waals surface area (Å²) in [4.78, 5) is 24.2. The van der Waals surface area contributed by atoms with Gasteiger partial charge in [0.1, 0.15) is 5.75 Å². The van der Waals surface area contributed by atoms with E-state index >= 15 is 0 Å². The van der Waals surface area contributed by atoms with E-state index < -0.39 is 24.7 Å². The van der Waals surface area contributed by atoms with Gasteiger partial charge in [-0.1, -0.05) is 48.0 Å². The van der Waals surface area contributed by atoms with E-state index in [1.54, 1.807) is 22.8 Å². The van der Waals surface area contributed by atoms with Crippen molar-refractivity contribution < 1.29 is 37.7 Å². The molecule has 0 unspecified atom stereocenters. The molecule has 0 amide bonds. The molecule has 3 aromatic carbocycles. The molecule has 0 bridgehead atoms. The first-order chi connectivity index (χ1) is 16.6. The van der Waals surface area contributed by atoms with E-state index in [1.165, 1.54) is 12.1 Å². The fourth-order valence-corrected chi connectivity index (χ4v) is 4.02. The van der Waals surface area contributed by atoms with E-state index in [4.69, 9.17) is 0 Å². The second-order valence-electron chi connectivity index (χ2n) is 7.99. The van der Waals surface area contributed by atoms with Crippen molar-refractivity contribution in [2.75, 3.05) is 0 Å². The highest BCUT2D eigenvalue weighted by Gasteiger charge is 2.31. The number of carbonyl (C=O) groups excluding carboxylic acids is 1. The Kier molecular flexibility index (Phi) is 6.36. The summed E-state index contributed by atoms with van der Waals surface area (Å²) in [6, 6.07) is 17.8. The van der Waals surface area contributed by atoms with Crippen molar-refractivity contribution in [1.82, 2.24) is 4.57 Å². The van der Waals surface area contributed by atoms with Crippen LogP contribution in [0, 0.1) is 6.92 Å². The van der Waals surface area contributed by atoms with Crippen LogP contribution in [0.4, 0.5) is 13.2 Å². The number of aromatic nitrogens is 1. The number of halogens is 3. The van der Waals surface area contributed by atoms with E-state index in [2.05, 4.69) is 4.74 Å². The Morgan fingerprint density at radius 3 is 2.14 bits per heavy atom. The van der Waals surface area contributed by atoms with Gasteiger partial charge in [0.25, 0.3) is 5.78 Å². The molecular weight excluding hydrogens is 463 g/mol. The van der Waals surface area contributed by atoms with Crippen molar-refractivity contribution in [3.63, 3.8) is 0 Å². The van der Waals surface area contributed by atoms with Crippen molar-refractivity contribution >= 4 is 22.7 Å². The summed E-state index contributed by atoms with van der Waals surface area (Å²) < 4.78 is 42.9. The third kappa shape index (κ3) is 5.04. The Morgan fingerprint density at radius 1 is 0.943 bits per heavy atom. The van der Waals surface area contributed by atoms with Crippen LogP contribution in [0.1, 0.15) is 27.2 Å². The van der Waals surface area contributed by atoms with Gasteiger partial charge >= 0.3 is 12.3 Å². The van der Waals surface area contributed by atoms with E-state index in [1.807, 2.05) is 31.2 Å². The van der Waals surface area contributed by atoms with Crippen molar-refractivity contribution in [3.05, 3.63) is 89.1 Å². The highest BCUT2D eigenvalue weighted by Crippen LogP contribution is 2.33. The molecule has 0 fully saturated rings. The number of benzene rings is 3. The Bertz CT molecular complexity index is 1400. The third-order valence-corrected chi connectivity index (χ3v) is 5.62. The molecule has 0 spiro atoms. The summed E-state index contributed by atoms with van der Waals surface area (Å²) in [5, 5.41) is 19.8. The monoisotopic (exact) mass is 483 g/mol. The smallest absolute Gasteiger partial charge is 0.475 e. The summed E-state index contributed by atoms with van der Waals surface area (Å²) in [6.45, 7) is 1.68. The minimum absolute atomic E-state index is 0.124. The molecule has 0 aliphatic carbocycles. The van der Waals surface area contributed by atoms with E-state index in [0.717, 1.165) is 23.3 Å². The average Bonchev–Trinajstić information content (AvgIpc) is 3.11. The van der Waals surface area contributed by atoms with Gasteiger partial charge in [-0.3, -0.25) is 4.79 Å². The topological polar surface area (TPSA) is 88.8 Å². The standard InChI is InChI=1S/C26H20F3NO5/c1-15-2-4-16(5-3-15)13-30-21-11-8-18(17-6-9-19(10-7-17)35-26(27,28)29)12-20(21)23(22(30)14-31)24(32)25(33)34/h2-12,31H,13-14H2,1H3,(H,33,34). The van der Waals surface area contributed by atoms with Crippen LogP contribution >= 0.6 is 0 Å². The van der Waals surface area contributed by atoms with Gasteiger partial charge in [0.15, 0.2) is 0 Å². The lowest BCUT2D eigenvalue weighted by molar-refractivity contribution is -0.274. The maximum Gasteiger partial charge on any atom is 0.573 e. The molecule has 1 heterocycles. The Morgan fingerprint density at radius 2 is 1.57 bits per heavy atom. The zero-order chi connectivity index (χ0) is 25.3. The van der Waals surface area contributed by atoms with Crippen LogP contribution in [-0.2, 0) is 17.9 Å². The molecule has 35 heavy (non-hydrogen) atoms. The SMILES string of the molecule is Cc1ccc(Cn2c(CO)c(C(=O)C(=O)O)c3cc(-c4ccc(OC(F)(F)F)cc4)ccc32)cc1. The molecule has 2 N–H and O–H groups in total. The number of Topliss-reactive ketones (excluding diaryl/α,β-unsaturated/α-hetero) is 1. The molecule has 4 aromatic rings. The minimum Gasteiger partial charge on any atom is -0.475 e. The normalized spacial score (nSPS) is 11.6. The highest BCUT2D eigenvalue weighted by molar-refractivity contribution is 6.42. The second kappa shape index (κ2) is 9.27. The zero-order valence-electron chi connectivity index (χ0n) is 18.5. The lowest BCUT2D eigenvalue weighted by atomic mass is 10.0. The number of aliphatic hydroxyl groups excluding tert-OH is 1. The molecule has 0 aliphatic rings. The van der Waals surface area contributed by atoms with Crippen LogP contribution in [0.3, 0.4) is 0 Å². The molecule has 0 radical (unpaired) electrons. The van der Waals surface area contributed by atoms with Gasteiger partial charge in [-0.2, -0.15) is 0 Å². The number of fused-ring (bicyclic) bond motifs is 1. The van der Waals surface area contributed by atoms with Gasteiger partial charge in [0, 0.05) is 17.4 Å². The number of carboxylic acids is 1. The molecule has 0 saturated heterocycles. The molecule has 180 valence electrons. The Hall–Kier alpha value is -4.11. The van der Waals surface area contributed by atoms with Crippen LogP contribution in [0.25, 0.3) is 22.0 Å². The number of aryl methyl sites for hydroxylation is 1. The van der Waals surface area contributed by atoms with E-state index in [0.29, 0.717) is 28.6 Å². The van der Waals surface area contributed by atoms with Crippen molar-refractivity contribution in [1.29, 1.82) is 0 Å². The van der Waals surface area contributed by atoms with Crippen molar-refractivity contribution in [3.8, 4) is 16.9 Å². The van der Waals surface area contributed by atoms with Crippen LogP contribution in [0.2, 0.25) is 0 Å². The van der Waals surface area contributed by atoms with E-state index in [9.17, 15) is 33.0 Å². The first-order valence-electron chi connectivity index (χ1n) is 10.5. The molecule has 0 aliphatic heterocycles. The predicted molar refractivity (Wildman–Crippen MR) is 122 cm³/mol. The molecule has 4 rings (SSSR count). The summed E-state index contributed by atoms with van der Waals surface area (Å²) in [6.07, 6.45) is -4.81. The number of carboxylic acid groups (broad SMARTS) is 1. The summed E-state index contributed by atoms with van der Waals surface area (Å²) >= 11 is 0. The number of aliphatic hydroxyl groups is 1. The fourth-order valence-electron chi connectivity index (χ4n) is 4.02. The lowest BCUT2D eigenvalue weighted by Crippen LogP contribution is -2.16. The maximum atomic E-state index is 12.6. The molecule has 1 aromatic heterocycles. The minimum atomic E-state index is -4.81. The van der Waals surface area contributed by atoms with Gasteiger partial charge in [-0.05, 0) is 47.9 Å². The van der Waals surface area contributed by atoms with Gasteiger partial charge < -0.3 is 19.5 Å². The van der Waals surface area contributed by atoms with Crippen molar-refractivity contribution in [2.45, 2.75) is 26.4 Å². The molecule has 0 saturated carbocycles. The van der Waals surface area contributed by atoms with Crippen LogP contribution in [0.5, 0.6) is 5.75 Å². The van der Waals surface area contributed by atoms with Gasteiger partial charge in [0.05, 0.1) is 17.9 Å². The number of ketones is 1. The number of alkyl halides is 3. The van der Waals surface area contributed by atoms with Crippen LogP contribution in [-0.4, -0.2) is 32.9 Å². The molecule has 0 atom stereocenters. The fraction of sp³-hybridized carbons (Fsp3) is 0.154. The Labute approximate surface area is 197 Å². The zero-order valence-corrected chi connectivity index (χ0v) is 18.5. The number of carbonyl (C=O) groups is 2. The molecular formula is C26H20F3NO5. The number of nitrogens with zero attached hydrogens (tertiary/aromatic N) is 1. The maximum absolute atomic E-state index is 12.6. The van der Waals surface area contributed by atoms with Gasteiger partial charge in [-0.25, -0.2) is 4.79 Å². The van der Waals surface area contributed by atoms with Crippen LogP contribution < -0.4 is 4.74 Å². The first kappa shape index (κ1) is 24.0. The molecule has 9 heteroatoms. The number of ether oxygens (including phenoxy) is 1. The number of rotatable bonds is 7. The lowest BCUT2D eigenvalue weighted by Gasteiger charge is -2.11. The summed E-state index contributed by atoms with van der Waals surface area (Å²) in [5.74, 6) is -3.20. The van der Waals surface area contributed by atoms with Gasteiger partial charge in [0.2, 0.25) is 0 Å². The molecule has 6 nitrogen and oxygen atoms in total. The summed E-state index contributed by atoms with van der Waals surface area (Å²) in [7, 11) is 0. The highest BCUT2D eigenvalue weighted by atomic mass is 19.4. The predicted octanol–water partition coefficient (Wildman–Crippen LogP) is 5.32. The first-order valence-corrected chi connectivity index (χ1v) is 10.5. The largest absolute Gasteiger partial charge is 0.573 e. The van der Waals surface area contributed by atoms with Crippen molar-refractivity contribution in [2.24, 2.45) is 0 Å². The third-order valence-electron chi connectivity index (χ3n) is 5.62. The van der Waals surface area contributed by atoms with Crippen LogP contribution in [0.15, 0.2) is 66.7 Å². The average molecular weight is 483 g/mol.